The van der Waals surface area contributed by atoms with Crippen molar-refractivity contribution in [3.63, 3.8) is 0 Å². The molecule has 1 aromatic carbocycles. The van der Waals surface area contributed by atoms with Crippen LogP contribution in [0.25, 0.3) is 0 Å². The van der Waals surface area contributed by atoms with Gasteiger partial charge in [0, 0.05) is 18.3 Å². The number of rotatable bonds is 7. The lowest BCUT2D eigenvalue weighted by Crippen LogP contribution is -2.34. The summed E-state index contributed by atoms with van der Waals surface area (Å²) in [6.45, 7) is 0.463. The molecular formula is C19H21N3O2S. The van der Waals surface area contributed by atoms with Crippen molar-refractivity contribution < 1.29 is 9.21 Å². The van der Waals surface area contributed by atoms with E-state index in [0.29, 0.717) is 12.2 Å². The van der Waals surface area contributed by atoms with Gasteiger partial charge in [-0.05, 0) is 31.8 Å². The van der Waals surface area contributed by atoms with Gasteiger partial charge in [0.05, 0.1) is 17.3 Å². The topological polar surface area (TPSA) is 58.4 Å². The predicted molar refractivity (Wildman–Crippen MR) is 98.8 cm³/mol. The lowest BCUT2D eigenvalue weighted by atomic mass is 10.2. The zero-order valence-corrected chi connectivity index (χ0v) is 15.1. The van der Waals surface area contributed by atoms with Gasteiger partial charge >= 0.3 is 0 Å². The average molecular weight is 355 g/mol. The van der Waals surface area contributed by atoms with Crippen LogP contribution in [-0.4, -0.2) is 36.4 Å². The Balaban J connectivity index is 1.60. The molecule has 2 heterocycles. The van der Waals surface area contributed by atoms with E-state index in [4.69, 9.17) is 4.42 Å². The number of nitrogens with zero attached hydrogens (tertiary/aromatic N) is 2. The summed E-state index contributed by atoms with van der Waals surface area (Å²) in [6.07, 6.45) is 2.38. The molecule has 25 heavy (non-hydrogen) atoms. The van der Waals surface area contributed by atoms with Crippen molar-refractivity contribution in [1.29, 1.82) is 0 Å². The van der Waals surface area contributed by atoms with Crippen LogP contribution in [-0.2, 0) is 6.42 Å². The van der Waals surface area contributed by atoms with Gasteiger partial charge in [0.1, 0.15) is 11.5 Å². The van der Waals surface area contributed by atoms with E-state index in [2.05, 4.69) is 22.4 Å². The fourth-order valence-electron chi connectivity index (χ4n) is 2.57. The van der Waals surface area contributed by atoms with E-state index in [1.807, 2.05) is 54.7 Å². The molecule has 3 aromatic rings. The summed E-state index contributed by atoms with van der Waals surface area (Å²) in [4.78, 5) is 18.9. The molecule has 0 saturated carbocycles. The number of hydrogen-bond acceptors (Lipinski definition) is 5. The van der Waals surface area contributed by atoms with Crippen molar-refractivity contribution in [2.75, 3.05) is 20.6 Å². The summed E-state index contributed by atoms with van der Waals surface area (Å²) in [5.41, 5.74) is 1.65. The van der Waals surface area contributed by atoms with E-state index in [1.165, 1.54) is 16.9 Å². The van der Waals surface area contributed by atoms with Crippen LogP contribution in [0.15, 0.2) is 58.5 Å². The van der Waals surface area contributed by atoms with Gasteiger partial charge in [0.25, 0.3) is 5.91 Å². The van der Waals surface area contributed by atoms with Crippen LogP contribution in [0.1, 0.15) is 32.9 Å². The quantitative estimate of drug-likeness (QED) is 0.706. The molecule has 3 rings (SSSR count). The van der Waals surface area contributed by atoms with Gasteiger partial charge in [0.15, 0.2) is 0 Å². The van der Waals surface area contributed by atoms with Crippen LogP contribution < -0.4 is 5.32 Å². The predicted octanol–water partition coefficient (Wildman–Crippen LogP) is 3.36. The maximum Gasteiger partial charge on any atom is 0.270 e. The number of nitrogens with one attached hydrogen (secondary N) is 1. The molecule has 1 N–H and O–H groups in total. The molecule has 0 aliphatic carbocycles. The van der Waals surface area contributed by atoms with Gasteiger partial charge in [0.2, 0.25) is 0 Å². The van der Waals surface area contributed by atoms with Gasteiger partial charge in [-0.3, -0.25) is 9.69 Å². The second-order valence-electron chi connectivity index (χ2n) is 5.99. The zero-order chi connectivity index (χ0) is 17.6. The van der Waals surface area contributed by atoms with Gasteiger partial charge in [-0.2, -0.15) is 0 Å². The molecule has 1 amide bonds. The van der Waals surface area contributed by atoms with E-state index in [1.54, 1.807) is 6.26 Å². The van der Waals surface area contributed by atoms with Crippen molar-refractivity contribution in [2.45, 2.75) is 12.5 Å². The summed E-state index contributed by atoms with van der Waals surface area (Å²) in [5.74, 6) is 0.669. The van der Waals surface area contributed by atoms with Crippen LogP contribution in [0.2, 0.25) is 0 Å². The maximum atomic E-state index is 12.4. The van der Waals surface area contributed by atoms with Crippen LogP contribution in [0.3, 0.4) is 0 Å². The molecule has 0 aliphatic heterocycles. The monoisotopic (exact) mass is 355 g/mol. The molecule has 0 saturated heterocycles. The first-order valence-corrected chi connectivity index (χ1v) is 8.98. The fraction of sp³-hybridized carbons (Fsp3) is 0.263. The molecule has 6 heteroatoms. The molecule has 130 valence electrons. The Bertz CT molecular complexity index is 797. The first-order valence-electron chi connectivity index (χ1n) is 8.10. The third-order valence-corrected chi connectivity index (χ3v) is 4.78. The van der Waals surface area contributed by atoms with Crippen LogP contribution >= 0.6 is 11.3 Å². The number of furan rings is 1. The summed E-state index contributed by atoms with van der Waals surface area (Å²) < 4.78 is 5.46. The van der Waals surface area contributed by atoms with Gasteiger partial charge in [-0.15, -0.1) is 11.3 Å². The average Bonchev–Trinajstić information content (AvgIpc) is 3.28. The number of likely N-dealkylation sites (N-methyl/N-ethyl adjacent to an activating group) is 1. The van der Waals surface area contributed by atoms with E-state index >= 15 is 0 Å². The Morgan fingerprint density at radius 2 is 2.04 bits per heavy atom. The highest BCUT2D eigenvalue weighted by molar-refractivity contribution is 7.09. The number of amides is 1. The Labute approximate surface area is 151 Å². The molecule has 2 aromatic heterocycles. The minimum atomic E-state index is -0.158. The van der Waals surface area contributed by atoms with Crippen molar-refractivity contribution in [3.05, 3.63) is 76.1 Å². The zero-order valence-electron chi connectivity index (χ0n) is 14.3. The number of benzene rings is 1. The standard InChI is InChI=1S/C19H21N3O2S/c1-22(2)16(17-9-6-10-24-17)12-20-19(23)15-13-25-18(21-15)11-14-7-4-3-5-8-14/h3-10,13,16H,11-12H2,1-2H3,(H,20,23)/t16-/m1/s1. The molecule has 0 aliphatic rings. The van der Waals surface area contributed by atoms with E-state index in [-0.39, 0.29) is 11.9 Å². The van der Waals surface area contributed by atoms with E-state index in [0.717, 1.165) is 17.2 Å². The maximum absolute atomic E-state index is 12.4. The normalized spacial score (nSPS) is 12.3. The molecular weight excluding hydrogens is 334 g/mol. The Morgan fingerprint density at radius 3 is 2.72 bits per heavy atom. The summed E-state index contributed by atoms with van der Waals surface area (Å²) >= 11 is 1.51. The molecule has 0 spiro atoms. The first kappa shape index (κ1) is 17.4. The summed E-state index contributed by atoms with van der Waals surface area (Å²) in [6, 6.07) is 13.9. The molecule has 0 fully saturated rings. The lowest BCUT2D eigenvalue weighted by molar-refractivity contribution is 0.0934. The Kier molecular flexibility index (Phi) is 5.63. The highest BCUT2D eigenvalue weighted by Gasteiger charge is 2.19. The number of thiazole rings is 1. The van der Waals surface area contributed by atoms with Gasteiger partial charge in [-0.25, -0.2) is 4.98 Å². The van der Waals surface area contributed by atoms with Crippen molar-refractivity contribution in [3.8, 4) is 0 Å². The van der Waals surface area contributed by atoms with Crippen LogP contribution in [0, 0.1) is 0 Å². The summed E-state index contributed by atoms with van der Waals surface area (Å²) in [5, 5.41) is 5.70. The largest absolute Gasteiger partial charge is 0.468 e. The van der Waals surface area contributed by atoms with Gasteiger partial charge < -0.3 is 9.73 Å². The Hall–Kier alpha value is -2.44. The molecule has 0 radical (unpaired) electrons. The number of aromatic nitrogens is 1. The molecule has 0 bridgehead atoms. The van der Waals surface area contributed by atoms with Crippen molar-refractivity contribution in [2.24, 2.45) is 0 Å². The number of carbonyl (C=O) groups excluding carboxylic acids is 1. The fourth-order valence-corrected chi connectivity index (χ4v) is 3.37. The minimum absolute atomic E-state index is 0.0126. The first-order chi connectivity index (χ1) is 12.1. The molecule has 0 unspecified atom stereocenters. The molecule has 1 atom stereocenters. The highest BCUT2D eigenvalue weighted by Crippen LogP contribution is 2.18. The minimum Gasteiger partial charge on any atom is -0.468 e. The number of carbonyl (C=O) groups is 1. The third kappa shape index (κ3) is 4.55. The number of hydrogen-bond donors (Lipinski definition) is 1. The van der Waals surface area contributed by atoms with Crippen LogP contribution in [0.4, 0.5) is 0 Å². The van der Waals surface area contributed by atoms with E-state index in [9.17, 15) is 4.79 Å². The third-order valence-electron chi connectivity index (χ3n) is 3.93. The SMILES string of the molecule is CN(C)[C@H](CNC(=O)c1csc(Cc2ccccc2)n1)c1ccco1. The second-order valence-corrected chi connectivity index (χ2v) is 6.94. The van der Waals surface area contributed by atoms with Crippen molar-refractivity contribution in [1.82, 2.24) is 15.2 Å². The Morgan fingerprint density at radius 1 is 1.24 bits per heavy atom. The lowest BCUT2D eigenvalue weighted by Gasteiger charge is -2.22. The second kappa shape index (κ2) is 8.09. The summed E-state index contributed by atoms with van der Waals surface area (Å²) in [7, 11) is 3.92. The highest BCUT2D eigenvalue weighted by atomic mass is 32.1. The van der Waals surface area contributed by atoms with Crippen molar-refractivity contribution >= 4 is 17.2 Å². The van der Waals surface area contributed by atoms with E-state index < -0.39 is 0 Å². The molecule has 5 nitrogen and oxygen atoms in total. The smallest absolute Gasteiger partial charge is 0.270 e. The van der Waals surface area contributed by atoms with Gasteiger partial charge in [-0.1, -0.05) is 30.3 Å². The van der Waals surface area contributed by atoms with Crippen LogP contribution in [0.5, 0.6) is 0 Å².